The van der Waals surface area contributed by atoms with Crippen LogP contribution in [0.5, 0.6) is 5.75 Å². The number of ether oxygens (including phenoxy) is 1. The Morgan fingerprint density at radius 2 is 2.13 bits per heavy atom. The van der Waals surface area contributed by atoms with Gasteiger partial charge >= 0.3 is 6.61 Å². The minimum atomic E-state index is -2.78. The third-order valence-corrected chi connectivity index (χ3v) is 2.69. The molecule has 0 spiro atoms. The maximum Gasteiger partial charge on any atom is 0.387 e. The summed E-state index contributed by atoms with van der Waals surface area (Å²) in [7, 11) is 0. The monoisotopic (exact) mass is 213 g/mol. The standard InChI is InChI=1S/C11H13F2NO/c1-6-3-2-4-7(8-5-9(8)14)10(6)15-11(12)13/h2-4,8-9,11H,5,14H2,1H3/t8-,9+/m0/s1. The molecule has 0 radical (unpaired) electrons. The van der Waals surface area contributed by atoms with Gasteiger partial charge in [0.1, 0.15) is 5.75 Å². The fraction of sp³-hybridized carbons (Fsp3) is 0.455. The highest BCUT2D eigenvalue weighted by molar-refractivity contribution is 5.46. The first-order valence-corrected chi connectivity index (χ1v) is 4.89. The quantitative estimate of drug-likeness (QED) is 0.836. The van der Waals surface area contributed by atoms with Crippen LogP contribution in [0.15, 0.2) is 18.2 Å². The zero-order valence-electron chi connectivity index (χ0n) is 8.41. The lowest BCUT2D eigenvalue weighted by Gasteiger charge is -2.12. The molecule has 15 heavy (non-hydrogen) atoms. The van der Waals surface area contributed by atoms with Gasteiger partial charge in [0.2, 0.25) is 0 Å². The van der Waals surface area contributed by atoms with Crippen molar-refractivity contribution in [3.63, 3.8) is 0 Å². The zero-order valence-corrected chi connectivity index (χ0v) is 8.41. The largest absolute Gasteiger partial charge is 0.434 e. The lowest BCUT2D eigenvalue weighted by Crippen LogP contribution is -2.07. The number of hydrogen-bond acceptors (Lipinski definition) is 2. The summed E-state index contributed by atoms with van der Waals surface area (Å²) in [4.78, 5) is 0. The molecule has 0 amide bonds. The molecule has 0 aromatic heterocycles. The molecule has 0 aliphatic heterocycles. The van der Waals surface area contributed by atoms with Crippen LogP contribution in [-0.2, 0) is 0 Å². The average Bonchev–Trinajstić information content (AvgIpc) is 2.86. The van der Waals surface area contributed by atoms with Crippen molar-refractivity contribution in [1.82, 2.24) is 0 Å². The van der Waals surface area contributed by atoms with E-state index in [0.29, 0.717) is 5.75 Å². The molecule has 2 atom stereocenters. The molecule has 82 valence electrons. The van der Waals surface area contributed by atoms with Gasteiger partial charge in [-0.3, -0.25) is 0 Å². The first-order valence-electron chi connectivity index (χ1n) is 4.89. The van der Waals surface area contributed by atoms with Crippen LogP contribution in [-0.4, -0.2) is 12.7 Å². The molecular weight excluding hydrogens is 200 g/mol. The van der Waals surface area contributed by atoms with Gasteiger partial charge in [-0.05, 0) is 24.5 Å². The van der Waals surface area contributed by atoms with Crippen LogP contribution in [0.25, 0.3) is 0 Å². The van der Waals surface area contributed by atoms with E-state index < -0.39 is 6.61 Å². The van der Waals surface area contributed by atoms with Crippen molar-refractivity contribution in [2.45, 2.75) is 31.9 Å². The third-order valence-electron chi connectivity index (χ3n) is 2.69. The Balaban J connectivity index is 2.31. The van der Waals surface area contributed by atoms with Crippen molar-refractivity contribution >= 4 is 0 Å². The fourth-order valence-electron chi connectivity index (χ4n) is 1.79. The summed E-state index contributed by atoms with van der Waals surface area (Å²) in [6, 6.07) is 5.50. The Bertz CT molecular complexity index is 368. The van der Waals surface area contributed by atoms with E-state index in [0.717, 1.165) is 17.5 Å². The number of nitrogens with two attached hydrogens (primary N) is 1. The molecule has 2 N–H and O–H groups in total. The van der Waals surface area contributed by atoms with E-state index in [2.05, 4.69) is 4.74 Å². The molecule has 2 nitrogen and oxygen atoms in total. The molecule has 1 saturated carbocycles. The number of alkyl halides is 2. The summed E-state index contributed by atoms with van der Waals surface area (Å²) in [5, 5.41) is 0. The molecule has 1 aliphatic rings. The second-order valence-corrected chi connectivity index (χ2v) is 3.88. The van der Waals surface area contributed by atoms with E-state index in [1.807, 2.05) is 12.1 Å². The van der Waals surface area contributed by atoms with E-state index in [4.69, 9.17) is 5.73 Å². The summed E-state index contributed by atoms with van der Waals surface area (Å²) < 4.78 is 29.0. The van der Waals surface area contributed by atoms with Gasteiger partial charge in [-0.25, -0.2) is 0 Å². The Labute approximate surface area is 87.0 Å². The topological polar surface area (TPSA) is 35.2 Å². The maximum atomic E-state index is 12.2. The van der Waals surface area contributed by atoms with E-state index >= 15 is 0 Å². The first kappa shape index (κ1) is 10.4. The maximum absolute atomic E-state index is 12.2. The van der Waals surface area contributed by atoms with Crippen LogP contribution in [0.2, 0.25) is 0 Å². The number of rotatable bonds is 3. The highest BCUT2D eigenvalue weighted by atomic mass is 19.3. The molecule has 1 fully saturated rings. The van der Waals surface area contributed by atoms with Gasteiger partial charge in [0, 0.05) is 12.0 Å². The smallest absolute Gasteiger partial charge is 0.387 e. The third kappa shape index (κ3) is 2.09. The number of para-hydroxylation sites is 1. The Hall–Kier alpha value is -1.16. The van der Waals surface area contributed by atoms with Gasteiger partial charge in [-0.1, -0.05) is 18.2 Å². The second-order valence-electron chi connectivity index (χ2n) is 3.88. The minimum absolute atomic E-state index is 0.0897. The van der Waals surface area contributed by atoms with Gasteiger partial charge in [0.25, 0.3) is 0 Å². The van der Waals surface area contributed by atoms with Crippen molar-refractivity contribution in [2.75, 3.05) is 0 Å². The van der Waals surface area contributed by atoms with Crippen LogP contribution >= 0.6 is 0 Å². The van der Waals surface area contributed by atoms with Gasteiger partial charge in [0.15, 0.2) is 0 Å². The van der Waals surface area contributed by atoms with Crippen molar-refractivity contribution in [3.8, 4) is 5.75 Å². The van der Waals surface area contributed by atoms with Crippen LogP contribution < -0.4 is 10.5 Å². The van der Waals surface area contributed by atoms with E-state index in [9.17, 15) is 8.78 Å². The van der Waals surface area contributed by atoms with Crippen molar-refractivity contribution in [2.24, 2.45) is 5.73 Å². The predicted molar refractivity (Wildman–Crippen MR) is 53.1 cm³/mol. The number of halogens is 2. The van der Waals surface area contributed by atoms with Gasteiger partial charge < -0.3 is 10.5 Å². The number of benzene rings is 1. The Kier molecular flexibility index (Phi) is 2.61. The van der Waals surface area contributed by atoms with Crippen LogP contribution in [0.1, 0.15) is 23.5 Å². The highest BCUT2D eigenvalue weighted by Gasteiger charge is 2.37. The van der Waals surface area contributed by atoms with E-state index in [1.165, 1.54) is 0 Å². The summed E-state index contributed by atoms with van der Waals surface area (Å²) in [6.45, 7) is -1.02. The van der Waals surface area contributed by atoms with Gasteiger partial charge in [-0.2, -0.15) is 8.78 Å². The van der Waals surface area contributed by atoms with Crippen LogP contribution in [0.4, 0.5) is 8.78 Å². The molecule has 0 unspecified atom stereocenters. The minimum Gasteiger partial charge on any atom is -0.434 e. The second kappa shape index (κ2) is 3.77. The molecule has 1 aromatic carbocycles. The Morgan fingerprint density at radius 3 is 2.67 bits per heavy atom. The fourth-order valence-corrected chi connectivity index (χ4v) is 1.79. The average molecular weight is 213 g/mol. The molecule has 0 saturated heterocycles. The summed E-state index contributed by atoms with van der Waals surface area (Å²) in [5.41, 5.74) is 7.24. The number of aryl methyl sites for hydroxylation is 1. The molecule has 0 bridgehead atoms. The van der Waals surface area contributed by atoms with Gasteiger partial charge in [-0.15, -0.1) is 0 Å². The molecular formula is C11H13F2NO. The molecule has 1 aromatic rings. The normalized spacial score (nSPS) is 24.3. The lowest BCUT2D eigenvalue weighted by molar-refractivity contribution is -0.0509. The number of hydrogen-bond donors (Lipinski definition) is 1. The summed E-state index contributed by atoms with van der Waals surface area (Å²) >= 11 is 0. The van der Waals surface area contributed by atoms with Crippen molar-refractivity contribution < 1.29 is 13.5 Å². The molecule has 2 rings (SSSR count). The van der Waals surface area contributed by atoms with Crippen molar-refractivity contribution in [1.29, 1.82) is 0 Å². The van der Waals surface area contributed by atoms with Crippen molar-refractivity contribution in [3.05, 3.63) is 29.3 Å². The SMILES string of the molecule is Cc1cccc([C@@H]2C[C@H]2N)c1OC(F)F. The predicted octanol–water partition coefficient (Wildman–Crippen LogP) is 2.41. The van der Waals surface area contributed by atoms with E-state index in [1.54, 1.807) is 13.0 Å². The first-order chi connectivity index (χ1) is 7.09. The van der Waals surface area contributed by atoms with Crippen LogP contribution in [0.3, 0.4) is 0 Å². The molecule has 0 heterocycles. The van der Waals surface area contributed by atoms with E-state index in [-0.39, 0.29) is 12.0 Å². The summed E-state index contributed by atoms with van der Waals surface area (Å²) in [6.07, 6.45) is 0.850. The zero-order chi connectivity index (χ0) is 11.0. The highest BCUT2D eigenvalue weighted by Crippen LogP contribution is 2.44. The van der Waals surface area contributed by atoms with Gasteiger partial charge in [0.05, 0.1) is 0 Å². The van der Waals surface area contributed by atoms with Crippen LogP contribution in [0, 0.1) is 6.92 Å². The lowest BCUT2D eigenvalue weighted by atomic mass is 10.1. The summed E-state index contributed by atoms with van der Waals surface area (Å²) in [5.74, 6) is 0.476. The molecule has 4 heteroatoms. The Morgan fingerprint density at radius 1 is 1.47 bits per heavy atom. The molecule has 1 aliphatic carbocycles.